The summed E-state index contributed by atoms with van der Waals surface area (Å²) in [5, 5.41) is 16.4. The molecule has 0 aliphatic carbocycles. The monoisotopic (exact) mass is 394 g/mol. The lowest BCUT2D eigenvalue weighted by atomic mass is 10.2. The first-order valence-electron chi connectivity index (χ1n) is 5.77. The fourth-order valence-electron chi connectivity index (χ4n) is 1.39. The lowest BCUT2D eigenvalue weighted by molar-refractivity contribution is 0.468. The van der Waals surface area contributed by atoms with Gasteiger partial charge in [0.1, 0.15) is 5.75 Å². The molecule has 0 saturated heterocycles. The van der Waals surface area contributed by atoms with Gasteiger partial charge >= 0.3 is 0 Å². The Bertz CT molecular complexity index is 404. The van der Waals surface area contributed by atoms with Crippen LogP contribution in [0, 0.1) is 0 Å². The summed E-state index contributed by atoms with van der Waals surface area (Å²) in [6, 6.07) is 3.56. The van der Waals surface area contributed by atoms with Crippen LogP contribution < -0.4 is 10.6 Å². The van der Waals surface area contributed by atoms with Crippen molar-refractivity contribution >= 4 is 54.9 Å². The summed E-state index contributed by atoms with van der Waals surface area (Å²) >= 11 is 11.7. The van der Waals surface area contributed by atoms with Crippen molar-refractivity contribution in [3.63, 3.8) is 0 Å². The van der Waals surface area contributed by atoms with E-state index >= 15 is 0 Å². The maximum absolute atomic E-state index is 9.60. The van der Waals surface area contributed by atoms with Crippen LogP contribution in [0.4, 0.5) is 5.69 Å². The van der Waals surface area contributed by atoms with E-state index in [9.17, 15) is 5.11 Å². The number of hydrogen-bond acceptors (Lipinski definition) is 2. The number of benzene rings is 1. The highest BCUT2D eigenvalue weighted by molar-refractivity contribution is 9.11. The molecule has 18 heavy (non-hydrogen) atoms. The molecule has 0 aliphatic rings. The van der Waals surface area contributed by atoms with Gasteiger partial charge in [-0.25, -0.2) is 0 Å². The fourth-order valence-corrected chi connectivity index (χ4v) is 2.80. The van der Waals surface area contributed by atoms with Gasteiger partial charge in [0, 0.05) is 12.2 Å². The van der Waals surface area contributed by atoms with Crippen molar-refractivity contribution in [2.24, 2.45) is 0 Å². The number of phenolic OH excluding ortho intramolecular Hbond substituents is 1. The molecule has 0 fully saturated rings. The van der Waals surface area contributed by atoms with Gasteiger partial charge in [0.05, 0.1) is 8.95 Å². The first-order chi connectivity index (χ1) is 8.54. The molecule has 0 bridgehead atoms. The van der Waals surface area contributed by atoms with Crippen molar-refractivity contribution in [1.29, 1.82) is 0 Å². The molecule has 3 N–H and O–H groups in total. The third kappa shape index (κ3) is 5.12. The molecule has 100 valence electrons. The predicted octanol–water partition coefficient (Wildman–Crippen LogP) is 4.39. The number of aromatic hydroxyl groups is 1. The van der Waals surface area contributed by atoms with Crippen molar-refractivity contribution in [3.05, 3.63) is 21.1 Å². The van der Waals surface area contributed by atoms with E-state index < -0.39 is 0 Å². The summed E-state index contributed by atoms with van der Waals surface area (Å²) in [4.78, 5) is 0. The molecule has 0 saturated carbocycles. The molecule has 3 nitrogen and oxygen atoms in total. The van der Waals surface area contributed by atoms with Crippen LogP contribution in [-0.2, 0) is 0 Å². The minimum Gasteiger partial charge on any atom is -0.506 e. The SMILES string of the molecule is CCCCCNC(=S)Nc1cc(Br)c(O)c(Br)c1. The second-order valence-corrected chi connectivity index (χ2v) is 5.99. The Morgan fingerprint density at radius 2 is 1.89 bits per heavy atom. The zero-order valence-corrected chi connectivity index (χ0v) is 14.1. The van der Waals surface area contributed by atoms with Crippen LogP contribution in [0.1, 0.15) is 26.2 Å². The number of phenols is 1. The van der Waals surface area contributed by atoms with Gasteiger partial charge in [-0.2, -0.15) is 0 Å². The first kappa shape index (κ1) is 15.7. The summed E-state index contributed by atoms with van der Waals surface area (Å²) in [7, 11) is 0. The Morgan fingerprint density at radius 1 is 1.28 bits per heavy atom. The van der Waals surface area contributed by atoms with Gasteiger partial charge in [0.2, 0.25) is 0 Å². The van der Waals surface area contributed by atoms with E-state index in [1.165, 1.54) is 12.8 Å². The van der Waals surface area contributed by atoms with Crippen molar-refractivity contribution < 1.29 is 5.11 Å². The molecule has 0 spiro atoms. The molecular formula is C12H16Br2N2OS. The Labute approximate surface area is 130 Å². The molecule has 0 unspecified atom stereocenters. The van der Waals surface area contributed by atoms with Gasteiger partial charge < -0.3 is 15.7 Å². The summed E-state index contributed by atoms with van der Waals surface area (Å²) < 4.78 is 1.24. The summed E-state index contributed by atoms with van der Waals surface area (Å²) in [5.41, 5.74) is 0.819. The smallest absolute Gasteiger partial charge is 0.170 e. The van der Waals surface area contributed by atoms with Crippen LogP contribution in [0.25, 0.3) is 0 Å². The van der Waals surface area contributed by atoms with E-state index in [4.69, 9.17) is 12.2 Å². The zero-order chi connectivity index (χ0) is 13.5. The van der Waals surface area contributed by atoms with Crippen molar-refractivity contribution in [3.8, 4) is 5.75 Å². The van der Waals surface area contributed by atoms with Crippen LogP contribution in [0.5, 0.6) is 5.75 Å². The van der Waals surface area contributed by atoms with Crippen LogP contribution in [-0.4, -0.2) is 16.8 Å². The summed E-state index contributed by atoms with van der Waals surface area (Å²) in [6.45, 7) is 3.04. The molecular weight excluding hydrogens is 380 g/mol. The van der Waals surface area contributed by atoms with E-state index in [0.717, 1.165) is 18.7 Å². The lowest BCUT2D eigenvalue weighted by Gasteiger charge is -2.11. The molecule has 0 radical (unpaired) electrons. The minimum absolute atomic E-state index is 0.183. The van der Waals surface area contributed by atoms with Crippen molar-refractivity contribution in [2.75, 3.05) is 11.9 Å². The maximum atomic E-state index is 9.60. The van der Waals surface area contributed by atoms with E-state index in [0.29, 0.717) is 14.1 Å². The number of unbranched alkanes of at least 4 members (excludes halogenated alkanes) is 2. The highest BCUT2D eigenvalue weighted by Crippen LogP contribution is 2.35. The average Bonchev–Trinajstić information content (AvgIpc) is 2.31. The molecule has 0 heterocycles. The molecule has 1 aromatic carbocycles. The molecule has 6 heteroatoms. The minimum atomic E-state index is 0.183. The van der Waals surface area contributed by atoms with Gasteiger partial charge in [0.25, 0.3) is 0 Å². The quantitative estimate of drug-likeness (QED) is 0.393. The van der Waals surface area contributed by atoms with Gasteiger partial charge in [-0.1, -0.05) is 19.8 Å². The van der Waals surface area contributed by atoms with E-state index in [2.05, 4.69) is 49.4 Å². The molecule has 0 aliphatic heterocycles. The van der Waals surface area contributed by atoms with E-state index in [1.54, 1.807) is 12.1 Å². The Balaban J connectivity index is 2.49. The van der Waals surface area contributed by atoms with E-state index in [1.807, 2.05) is 0 Å². The van der Waals surface area contributed by atoms with E-state index in [-0.39, 0.29) is 5.75 Å². The second kappa shape index (κ2) is 7.96. The van der Waals surface area contributed by atoms with Gasteiger partial charge in [-0.15, -0.1) is 0 Å². The van der Waals surface area contributed by atoms with Crippen LogP contribution in [0.15, 0.2) is 21.1 Å². The Hall–Kier alpha value is -0.330. The van der Waals surface area contributed by atoms with Crippen molar-refractivity contribution in [2.45, 2.75) is 26.2 Å². The topological polar surface area (TPSA) is 44.3 Å². The number of anilines is 1. The standard InChI is InChI=1S/C12H16Br2N2OS/c1-2-3-4-5-15-12(18)16-8-6-9(13)11(17)10(14)7-8/h6-7,17H,2-5H2,1H3,(H2,15,16,18). The van der Waals surface area contributed by atoms with Gasteiger partial charge in [-0.3, -0.25) is 0 Å². The van der Waals surface area contributed by atoms with Crippen LogP contribution >= 0.6 is 44.1 Å². The number of halogens is 2. The maximum Gasteiger partial charge on any atom is 0.170 e. The predicted molar refractivity (Wildman–Crippen MR) is 87.3 cm³/mol. The Kier molecular flexibility index (Phi) is 6.96. The zero-order valence-electron chi connectivity index (χ0n) is 10.1. The largest absolute Gasteiger partial charge is 0.506 e. The Morgan fingerprint density at radius 3 is 2.44 bits per heavy atom. The molecule has 0 aromatic heterocycles. The summed E-state index contributed by atoms with van der Waals surface area (Å²) in [5.74, 6) is 0.183. The molecule has 0 amide bonds. The highest BCUT2D eigenvalue weighted by Gasteiger charge is 2.06. The van der Waals surface area contributed by atoms with Gasteiger partial charge in [0.15, 0.2) is 5.11 Å². The molecule has 1 aromatic rings. The second-order valence-electron chi connectivity index (χ2n) is 3.88. The average molecular weight is 396 g/mol. The number of rotatable bonds is 5. The third-order valence-corrected chi connectivity index (χ3v) is 3.80. The summed E-state index contributed by atoms with van der Waals surface area (Å²) in [6.07, 6.45) is 3.51. The number of thiocarbonyl (C=S) groups is 1. The van der Waals surface area contributed by atoms with Crippen molar-refractivity contribution in [1.82, 2.24) is 5.32 Å². The number of hydrogen-bond donors (Lipinski definition) is 3. The third-order valence-electron chi connectivity index (χ3n) is 2.34. The van der Waals surface area contributed by atoms with Crippen LogP contribution in [0.2, 0.25) is 0 Å². The fraction of sp³-hybridized carbons (Fsp3) is 0.417. The number of nitrogens with one attached hydrogen (secondary N) is 2. The molecule has 0 atom stereocenters. The normalized spacial score (nSPS) is 10.2. The first-order valence-corrected chi connectivity index (χ1v) is 7.77. The highest BCUT2D eigenvalue weighted by atomic mass is 79.9. The van der Waals surface area contributed by atoms with Crippen LogP contribution in [0.3, 0.4) is 0 Å². The van der Waals surface area contributed by atoms with Gasteiger partial charge in [-0.05, 0) is 62.6 Å². The molecule has 1 rings (SSSR count). The lowest BCUT2D eigenvalue weighted by Crippen LogP contribution is -2.29.